The van der Waals surface area contributed by atoms with E-state index in [-0.39, 0.29) is 0 Å². The minimum atomic E-state index is -0.637. The lowest BCUT2D eigenvalue weighted by Crippen LogP contribution is -2.42. The van der Waals surface area contributed by atoms with E-state index in [0.717, 1.165) is 55.3 Å². The largest absolute Gasteiger partial charge is 0.482 e. The van der Waals surface area contributed by atoms with Gasteiger partial charge in [-0.2, -0.15) is 0 Å². The standard InChI is InChI=1S/C28H36N4O2/c1-18(2)26-22-14-20(19-8-11-31(12-9-19)17-28(3,4)33)6-7-23(22)30-27(26)21-15-24-29-10-13-32(24)25(16-21)34-5/h6-7,10,13-16,18-19,30,33H,8-9,11-12,17H2,1-5H3. The van der Waals surface area contributed by atoms with Gasteiger partial charge >= 0.3 is 0 Å². The van der Waals surface area contributed by atoms with Gasteiger partial charge in [-0.15, -0.1) is 0 Å². The van der Waals surface area contributed by atoms with Crippen molar-refractivity contribution in [2.45, 2.75) is 58.0 Å². The number of H-pyrrole nitrogens is 1. The smallest absolute Gasteiger partial charge is 0.199 e. The number of aliphatic hydroxyl groups is 1. The van der Waals surface area contributed by atoms with E-state index in [9.17, 15) is 5.11 Å². The van der Waals surface area contributed by atoms with Crippen LogP contribution < -0.4 is 4.74 Å². The van der Waals surface area contributed by atoms with Crippen LogP contribution in [0.25, 0.3) is 27.8 Å². The number of methoxy groups -OCH3 is 1. The van der Waals surface area contributed by atoms with Gasteiger partial charge in [0.15, 0.2) is 5.88 Å². The number of aromatic nitrogens is 3. The third-order valence-corrected chi connectivity index (χ3v) is 7.08. The summed E-state index contributed by atoms with van der Waals surface area (Å²) in [6.45, 7) is 11.1. The summed E-state index contributed by atoms with van der Waals surface area (Å²) in [4.78, 5) is 10.6. The van der Waals surface area contributed by atoms with Gasteiger partial charge in [0.25, 0.3) is 0 Å². The summed E-state index contributed by atoms with van der Waals surface area (Å²) in [6.07, 6.45) is 5.98. The Morgan fingerprint density at radius 1 is 1.18 bits per heavy atom. The van der Waals surface area contributed by atoms with E-state index in [4.69, 9.17) is 4.74 Å². The molecule has 1 aliphatic rings. The van der Waals surface area contributed by atoms with Gasteiger partial charge in [-0.05, 0) is 80.9 Å². The van der Waals surface area contributed by atoms with Crippen LogP contribution in [0.15, 0.2) is 42.7 Å². The Labute approximate surface area is 201 Å². The Balaban J connectivity index is 1.50. The molecule has 0 atom stereocenters. The highest BCUT2D eigenvalue weighted by Gasteiger charge is 2.26. The second kappa shape index (κ2) is 8.75. The Morgan fingerprint density at radius 2 is 1.94 bits per heavy atom. The minimum Gasteiger partial charge on any atom is -0.482 e. The number of β-amino-alcohol motifs (C(OH)–C–C–N with tert-alkyl or cyclic N) is 1. The number of likely N-dealkylation sites (tertiary alicyclic amines) is 1. The molecule has 0 unspecified atom stereocenters. The Bertz CT molecular complexity index is 1300. The predicted octanol–water partition coefficient (Wildman–Crippen LogP) is 5.56. The third-order valence-electron chi connectivity index (χ3n) is 7.08. The van der Waals surface area contributed by atoms with E-state index in [1.165, 1.54) is 22.0 Å². The minimum absolute atomic E-state index is 0.370. The van der Waals surface area contributed by atoms with Crippen LogP contribution in [0.1, 0.15) is 63.5 Å². The molecule has 0 spiro atoms. The first-order valence-electron chi connectivity index (χ1n) is 12.4. The van der Waals surface area contributed by atoms with Crippen molar-refractivity contribution >= 4 is 16.6 Å². The molecule has 1 aromatic carbocycles. The Kier molecular flexibility index (Phi) is 5.90. The molecule has 4 heterocycles. The van der Waals surface area contributed by atoms with Gasteiger partial charge in [0.2, 0.25) is 0 Å². The molecular weight excluding hydrogens is 424 g/mol. The van der Waals surface area contributed by atoms with Gasteiger partial charge in [-0.25, -0.2) is 4.98 Å². The molecule has 4 aromatic rings. The van der Waals surface area contributed by atoms with E-state index in [0.29, 0.717) is 11.8 Å². The van der Waals surface area contributed by atoms with Gasteiger partial charge in [-0.1, -0.05) is 19.9 Å². The van der Waals surface area contributed by atoms with E-state index in [2.05, 4.69) is 59.0 Å². The normalized spacial score (nSPS) is 16.2. The number of piperidine rings is 1. The van der Waals surface area contributed by atoms with Gasteiger partial charge in [0.05, 0.1) is 18.4 Å². The average Bonchev–Trinajstić information content (AvgIpc) is 3.42. The van der Waals surface area contributed by atoms with Gasteiger partial charge in [-0.3, -0.25) is 4.40 Å². The van der Waals surface area contributed by atoms with Crippen molar-refractivity contribution in [1.82, 2.24) is 19.3 Å². The molecule has 5 rings (SSSR count). The van der Waals surface area contributed by atoms with Crippen molar-refractivity contribution in [3.05, 3.63) is 53.9 Å². The van der Waals surface area contributed by atoms with E-state index < -0.39 is 5.60 Å². The lowest BCUT2D eigenvalue weighted by molar-refractivity contribution is 0.0282. The number of hydrogen-bond donors (Lipinski definition) is 2. The third kappa shape index (κ3) is 4.32. The Hall–Kier alpha value is -2.83. The first-order valence-corrected chi connectivity index (χ1v) is 12.4. The molecule has 0 aliphatic carbocycles. The van der Waals surface area contributed by atoms with Gasteiger partial charge in [0.1, 0.15) is 5.65 Å². The topological polar surface area (TPSA) is 65.8 Å². The second-order valence-corrected chi connectivity index (χ2v) is 10.7. The van der Waals surface area contributed by atoms with Crippen LogP contribution >= 0.6 is 0 Å². The number of pyridine rings is 1. The summed E-state index contributed by atoms with van der Waals surface area (Å²) in [6, 6.07) is 11.2. The zero-order valence-electron chi connectivity index (χ0n) is 20.9. The molecule has 34 heavy (non-hydrogen) atoms. The van der Waals surface area contributed by atoms with E-state index >= 15 is 0 Å². The summed E-state index contributed by atoms with van der Waals surface area (Å²) in [7, 11) is 1.70. The van der Waals surface area contributed by atoms with Crippen LogP contribution in [0.3, 0.4) is 0 Å². The number of benzene rings is 1. The molecule has 0 bridgehead atoms. The van der Waals surface area contributed by atoms with Gasteiger partial charge in [0, 0.05) is 41.5 Å². The molecule has 1 fully saturated rings. The zero-order valence-corrected chi connectivity index (χ0v) is 20.9. The maximum Gasteiger partial charge on any atom is 0.199 e. The molecule has 0 amide bonds. The molecule has 180 valence electrons. The van der Waals surface area contributed by atoms with Crippen molar-refractivity contribution in [3.8, 4) is 17.1 Å². The Morgan fingerprint density at radius 3 is 2.62 bits per heavy atom. The van der Waals surface area contributed by atoms with E-state index in [1.807, 2.05) is 24.4 Å². The molecule has 3 aromatic heterocycles. The summed E-state index contributed by atoms with van der Waals surface area (Å²) < 4.78 is 7.61. The summed E-state index contributed by atoms with van der Waals surface area (Å²) in [5, 5.41) is 11.5. The van der Waals surface area contributed by atoms with Crippen molar-refractivity contribution < 1.29 is 9.84 Å². The maximum atomic E-state index is 10.2. The van der Waals surface area contributed by atoms with Crippen LogP contribution in [0.4, 0.5) is 0 Å². The number of hydrogen-bond acceptors (Lipinski definition) is 4. The van der Waals surface area contributed by atoms with Crippen molar-refractivity contribution in [1.29, 1.82) is 0 Å². The quantitative estimate of drug-likeness (QED) is 0.395. The highest BCUT2D eigenvalue weighted by atomic mass is 16.5. The van der Waals surface area contributed by atoms with Crippen LogP contribution in [0.2, 0.25) is 0 Å². The molecule has 6 nitrogen and oxygen atoms in total. The van der Waals surface area contributed by atoms with Crippen LogP contribution in [0, 0.1) is 0 Å². The number of nitrogens with one attached hydrogen (secondary N) is 1. The number of nitrogens with zero attached hydrogens (tertiary/aromatic N) is 3. The predicted molar refractivity (Wildman–Crippen MR) is 138 cm³/mol. The first kappa shape index (κ1) is 22.9. The summed E-state index contributed by atoms with van der Waals surface area (Å²) in [5.74, 6) is 1.70. The van der Waals surface area contributed by atoms with Gasteiger partial charge < -0.3 is 19.7 Å². The number of aromatic amines is 1. The molecule has 1 aliphatic heterocycles. The zero-order chi connectivity index (χ0) is 24.0. The van der Waals surface area contributed by atoms with Crippen LogP contribution in [0.5, 0.6) is 5.88 Å². The highest BCUT2D eigenvalue weighted by molar-refractivity contribution is 5.92. The molecule has 0 radical (unpaired) electrons. The number of imidazole rings is 1. The lowest BCUT2D eigenvalue weighted by Gasteiger charge is -2.35. The number of ether oxygens (including phenoxy) is 1. The molecule has 0 saturated carbocycles. The summed E-state index contributed by atoms with van der Waals surface area (Å²) in [5.41, 5.74) is 6.41. The van der Waals surface area contributed by atoms with Crippen molar-refractivity contribution in [3.63, 3.8) is 0 Å². The SMILES string of the molecule is COc1cc(-c2[nH]c3ccc(C4CCN(CC(C)(C)O)CC4)cc3c2C(C)C)cc2nccn12. The second-order valence-electron chi connectivity index (χ2n) is 10.7. The average molecular weight is 461 g/mol. The lowest BCUT2D eigenvalue weighted by atomic mass is 9.87. The van der Waals surface area contributed by atoms with Crippen LogP contribution in [-0.2, 0) is 0 Å². The molecule has 1 saturated heterocycles. The highest BCUT2D eigenvalue weighted by Crippen LogP contribution is 2.39. The fourth-order valence-electron chi connectivity index (χ4n) is 5.58. The molecular formula is C28H36N4O2. The number of rotatable bonds is 6. The van der Waals surface area contributed by atoms with Crippen molar-refractivity contribution in [2.75, 3.05) is 26.7 Å². The molecule has 2 N–H and O–H groups in total. The fourth-order valence-corrected chi connectivity index (χ4v) is 5.58. The molecule has 6 heteroatoms. The monoisotopic (exact) mass is 460 g/mol. The fraction of sp³-hybridized carbons (Fsp3) is 0.464. The van der Waals surface area contributed by atoms with Crippen LogP contribution in [-0.4, -0.2) is 56.7 Å². The summed E-state index contributed by atoms with van der Waals surface area (Å²) >= 11 is 0. The van der Waals surface area contributed by atoms with E-state index in [1.54, 1.807) is 13.3 Å². The first-order chi connectivity index (χ1) is 16.2. The van der Waals surface area contributed by atoms with Crippen molar-refractivity contribution in [2.24, 2.45) is 0 Å². The number of fused-ring (bicyclic) bond motifs is 2. The maximum absolute atomic E-state index is 10.2.